The van der Waals surface area contributed by atoms with Gasteiger partial charge in [-0.15, -0.1) is 0 Å². The topological polar surface area (TPSA) is 74.1 Å². The summed E-state index contributed by atoms with van der Waals surface area (Å²) in [6, 6.07) is 12.8. The molecular formula is C19H18BrN3O2. The van der Waals surface area contributed by atoms with Crippen LogP contribution in [0.2, 0.25) is 0 Å². The smallest absolute Gasteiger partial charge is 0.223 e. The molecule has 0 N–H and O–H groups in total. The monoisotopic (exact) mass is 399 g/mol. The zero-order valence-corrected chi connectivity index (χ0v) is 15.3. The summed E-state index contributed by atoms with van der Waals surface area (Å²) >= 11 is 3.33. The lowest BCUT2D eigenvalue weighted by Crippen LogP contribution is -2.31. The zero-order valence-electron chi connectivity index (χ0n) is 13.7. The summed E-state index contributed by atoms with van der Waals surface area (Å²) in [6.07, 6.45) is 3.89. The van der Waals surface area contributed by atoms with Gasteiger partial charge in [-0.3, -0.25) is 14.6 Å². The van der Waals surface area contributed by atoms with Crippen molar-refractivity contribution in [2.45, 2.75) is 25.8 Å². The molecule has 1 amide bonds. The summed E-state index contributed by atoms with van der Waals surface area (Å²) in [6.45, 7) is 0.734. The minimum atomic E-state index is -0.135. The predicted octanol–water partition coefficient (Wildman–Crippen LogP) is 3.75. The third kappa shape index (κ3) is 6.12. The normalized spacial score (nSPS) is 10.1. The van der Waals surface area contributed by atoms with Crippen molar-refractivity contribution in [1.29, 1.82) is 5.26 Å². The fourth-order valence-electron chi connectivity index (χ4n) is 2.35. The Kier molecular flexibility index (Phi) is 7.30. The number of carbonyl (C=O) groups excluding carboxylic acids is 2. The molecule has 25 heavy (non-hydrogen) atoms. The Morgan fingerprint density at radius 2 is 1.92 bits per heavy atom. The molecule has 5 nitrogen and oxygen atoms in total. The number of ketones is 1. The first-order chi connectivity index (χ1) is 12.1. The van der Waals surface area contributed by atoms with Crippen LogP contribution in [0.5, 0.6) is 0 Å². The van der Waals surface area contributed by atoms with Crippen LogP contribution in [0.15, 0.2) is 53.3 Å². The highest BCUT2D eigenvalue weighted by atomic mass is 79.9. The molecule has 6 heteroatoms. The minimum absolute atomic E-state index is 0.0672. The van der Waals surface area contributed by atoms with E-state index < -0.39 is 0 Å². The lowest BCUT2D eigenvalue weighted by molar-refractivity contribution is -0.131. The second-order valence-electron chi connectivity index (χ2n) is 5.51. The fraction of sp³-hybridized carbons (Fsp3) is 0.263. The standard InChI is InChI=1S/C19H18BrN3O2/c20-17-6-4-16(5-7-17)18(24)8-9-19(25)23(12-2-10-21)14-15-3-1-11-22-13-15/h1,3-7,11,13H,2,8-9,12,14H2. The van der Waals surface area contributed by atoms with E-state index in [1.54, 1.807) is 47.6 Å². The lowest BCUT2D eigenvalue weighted by atomic mass is 10.1. The summed E-state index contributed by atoms with van der Waals surface area (Å²) < 4.78 is 0.902. The van der Waals surface area contributed by atoms with Crippen molar-refractivity contribution in [2.75, 3.05) is 6.54 Å². The van der Waals surface area contributed by atoms with Crippen molar-refractivity contribution in [2.24, 2.45) is 0 Å². The molecule has 0 saturated heterocycles. The van der Waals surface area contributed by atoms with Gasteiger partial charge in [0.25, 0.3) is 0 Å². The average Bonchev–Trinajstić information content (AvgIpc) is 2.64. The van der Waals surface area contributed by atoms with E-state index in [1.807, 2.05) is 6.07 Å². The molecule has 0 atom stereocenters. The Bertz CT molecular complexity index is 754. The lowest BCUT2D eigenvalue weighted by Gasteiger charge is -2.21. The van der Waals surface area contributed by atoms with Gasteiger partial charge < -0.3 is 4.90 Å². The van der Waals surface area contributed by atoms with E-state index in [-0.39, 0.29) is 31.0 Å². The van der Waals surface area contributed by atoms with Gasteiger partial charge in [-0.2, -0.15) is 5.26 Å². The number of hydrogen-bond donors (Lipinski definition) is 0. The number of halogens is 1. The molecule has 0 radical (unpaired) electrons. The van der Waals surface area contributed by atoms with Gasteiger partial charge in [-0.1, -0.05) is 34.1 Å². The fourth-order valence-corrected chi connectivity index (χ4v) is 2.61. The van der Waals surface area contributed by atoms with Crippen LogP contribution >= 0.6 is 15.9 Å². The maximum atomic E-state index is 12.5. The molecule has 0 spiro atoms. The maximum Gasteiger partial charge on any atom is 0.223 e. The molecule has 2 aromatic rings. The molecule has 0 bridgehead atoms. The number of Topliss-reactive ketones (excluding diaryl/α,β-unsaturated/α-hetero) is 1. The van der Waals surface area contributed by atoms with E-state index in [0.29, 0.717) is 18.7 Å². The van der Waals surface area contributed by atoms with E-state index in [4.69, 9.17) is 5.26 Å². The first-order valence-electron chi connectivity index (χ1n) is 7.92. The molecule has 0 saturated carbocycles. The summed E-state index contributed by atoms with van der Waals surface area (Å²) in [5.74, 6) is -0.202. The Balaban J connectivity index is 1.95. The third-order valence-corrected chi connectivity index (χ3v) is 4.20. The Hall–Kier alpha value is -2.52. The molecule has 1 aromatic carbocycles. The van der Waals surface area contributed by atoms with Crippen LogP contribution in [-0.2, 0) is 11.3 Å². The largest absolute Gasteiger partial charge is 0.337 e. The molecule has 0 aliphatic rings. The molecule has 128 valence electrons. The van der Waals surface area contributed by atoms with Crippen molar-refractivity contribution < 1.29 is 9.59 Å². The Labute approximate surface area is 155 Å². The van der Waals surface area contributed by atoms with Crippen LogP contribution in [-0.4, -0.2) is 28.1 Å². The van der Waals surface area contributed by atoms with Gasteiger partial charge in [0.1, 0.15) is 0 Å². The number of amides is 1. The van der Waals surface area contributed by atoms with Crippen LogP contribution in [0.1, 0.15) is 35.2 Å². The van der Waals surface area contributed by atoms with Gasteiger partial charge in [0.05, 0.1) is 12.5 Å². The highest BCUT2D eigenvalue weighted by Gasteiger charge is 2.16. The van der Waals surface area contributed by atoms with Gasteiger partial charge in [0.15, 0.2) is 5.78 Å². The Morgan fingerprint density at radius 3 is 2.56 bits per heavy atom. The number of benzene rings is 1. The average molecular weight is 400 g/mol. The molecule has 1 heterocycles. The molecule has 0 fully saturated rings. The van der Waals surface area contributed by atoms with Gasteiger partial charge >= 0.3 is 0 Å². The van der Waals surface area contributed by atoms with Crippen LogP contribution in [0.25, 0.3) is 0 Å². The van der Waals surface area contributed by atoms with Gasteiger partial charge in [0.2, 0.25) is 5.91 Å². The summed E-state index contributed by atoms with van der Waals surface area (Å²) in [7, 11) is 0. The second-order valence-corrected chi connectivity index (χ2v) is 6.43. The molecule has 0 aliphatic carbocycles. The number of nitrogens with zero attached hydrogens (tertiary/aromatic N) is 3. The summed E-state index contributed by atoms with van der Waals surface area (Å²) in [4.78, 5) is 30.3. The van der Waals surface area contributed by atoms with E-state index in [0.717, 1.165) is 10.0 Å². The summed E-state index contributed by atoms with van der Waals surface area (Å²) in [5.41, 5.74) is 1.49. The number of nitriles is 1. The van der Waals surface area contributed by atoms with E-state index in [1.165, 1.54) is 0 Å². The molecule has 0 aliphatic heterocycles. The first kappa shape index (κ1) is 18.8. The van der Waals surface area contributed by atoms with E-state index in [9.17, 15) is 9.59 Å². The molecular weight excluding hydrogens is 382 g/mol. The first-order valence-corrected chi connectivity index (χ1v) is 8.72. The number of carbonyl (C=O) groups is 2. The minimum Gasteiger partial charge on any atom is -0.337 e. The predicted molar refractivity (Wildman–Crippen MR) is 97.6 cm³/mol. The van der Waals surface area contributed by atoms with Crippen LogP contribution in [0, 0.1) is 11.3 Å². The highest BCUT2D eigenvalue weighted by Crippen LogP contribution is 2.14. The second kappa shape index (κ2) is 9.70. The SMILES string of the molecule is N#CCCN(Cc1cccnc1)C(=O)CCC(=O)c1ccc(Br)cc1. The van der Waals surface area contributed by atoms with E-state index >= 15 is 0 Å². The zero-order chi connectivity index (χ0) is 18.1. The van der Waals surface area contributed by atoms with E-state index in [2.05, 4.69) is 27.0 Å². The number of rotatable bonds is 8. The molecule has 1 aromatic heterocycles. The van der Waals surface area contributed by atoms with Gasteiger partial charge in [-0.25, -0.2) is 0 Å². The van der Waals surface area contributed by atoms with Crippen LogP contribution in [0.4, 0.5) is 0 Å². The van der Waals surface area contributed by atoms with Crippen molar-refractivity contribution >= 4 is 27.6 Å². The van der Waals surface area contributed by atoms with Crippen molar-refractivity contribution in [3.05, 3.63) is 64.4 Å². The van der Waals surface area contributed by atoms with Crippen molar-refractivity contribution in [3.8, 4) is 6.07 Å². The highest BCUT2D eigenvalue weighted by molar-refractivity contribution is 9.10. The summed E-state index contributed by atoms with van der Waals surface area (Å²) in [5, 5.41) is 8.79. The maximum absolute atomic E-state index is 12.5. The number of pyridine rings is 1. The molecule has 0 unspecified atom stereocenters. The Morgan fingerprint density at radius 1 is 1.16 bits per heavy atom. The van der Waals surface area contributed by atoms with Gasteiger partial charge in [-0.05, 0) is 23.8 Å². The van der Waals surface area contributed by atoms with Crippen LogP contribution in [0.3, 0.4) is 0 Å². The van der Waals surface area contributed by atoms with Gasteiger partial charge in [0, 0.05) is 48.4 Å². The van der Waals surface area contributed by atoms with Crippen LogP contribution < -0.4 is 0 Å². The number of hydrogen-bond acceptors (Lipinski definition) is 4. The quantitative estimate of drug-likeness (QED) is 0.633. The van der Waals surface area contributed by atoms with Crippen molar-refractivity contribution in [3.63, 3.8) is 0 Å². The third-order valence-electron chi connectivity index (χ3n) is 3.67. The number of aromatic nitrogens is 1. The van der Waals surface area contributed by atoms with Crippen molar-refractivity contribution in [1.82, 2.24) is 9.88 Å². The molecule has 2 rings (SSSR count).